The van der Waals surface area contributed by atoms with Crippen molar-refractivity contribution >= 4 is 38.6 Å². The Morgan fingerprint density at radius 3 is 2.76 bits per heavy atom. The lowest BCUT2D eigenvalue weighted by atomic mass is 10.1. The fourth-order valence-electron chi connectivity index (χ4n) is 2.74. The number of rotatable bonds is 4. The zero-order valence-electron chi connectivity index (χ0n) is 14.5. The van der Waals surface area contributed by atoms with Crippen LogP contribution in [0.15, 0.2) is 18.2 Å². The molecule has 0 aliphatic heterocycles. The third-order valence-electron chi connectivity index (χ3n) is 3.91. The summed E-state index contributed by atoms with van der Waals surface area (Å²) < 4.78 is 6.03. The number of carbonyl (C=O) groups excluding carboxylic acids is 2. The third-order valence-corrected chi connectivity index (χ3v) is 4.84. The number of H-pyrrole nitrogens is 1. The van der Waals surface area contributed by atoms with E-state index in [4.69, 9.17) is 4.74 Å². The lowest BCUT2D eigenvalue weighted by Gasteiger charge is -2.03. The molecule has 0 saturated heterocycles. The van der Waals surface area contributed by atoms with Crippen LogP contribution in [0, 0.1) is 20.8 Å². The Labute approximate surface area is 149 Å². The summed E-state index contributed by atoms with van der Waals surface area (Å²) in [4.78, 5) is 32.0. The number of aromatic amines is 1. The fraction of sp³-hybridized carbons (Fsp3) is 0.278. The van der Waals surface area contributed by atoms with Gasteiger partial charge in [-0.2, -0.15) is 0 Å². The largest absolute Gasteiger partial charge is 0.461 e. The Bertz CT molecular complexity index is 972. The highest BCUT2D eigenvalue weighted by molar-refractivity contribution is 7.22. The van der Waals surface area contributed by atoms with Crippen molar-refractivity contribution in [2.45, 2.75) is 27.7 Å². The summed E-state index contributed by atoms with van der Waals surface area (Å²) in [6, 6.07) is 5.95. The van der Waals surface area contributed by atoms with Gasteiger partial charge in [-0.25, -0.2) is 9.78 Å². The van der Waals surface area contributed by atoms with E-state index in [9.17, 15) is 9.59 Å². The van der Waals surface area contributed by atoms with Gasteiger partial charge in [0.1, 0.15) is 5.69 Å². The molecule has 0 atom stereocenters. The van der Waals surface area contributed by atoms with Gasteiger partial charge < -0.3 is 9.72 Å². The normalized spacial score (nSPS) is 10.9. The molecule has 2 N–H and O–H groups in total. The van der Waals surface area contributed by atoms with Gasteiger partial charge in [-0.05, 0) is 51.0 Å². The van der Waals surface area contributed by atoms with E-state index < -0.39 is 5.97 Å². The summed E-state index contributed by atoms with van der Waals surface area (Å²) in [6.07, 6.45) is 0. The molecule has 0 unspecified atom stereocenters. The molecular weight excluding hydrogens is 338 g/mol. The Kier molecular flexibility index (Phi) is 4.59. The number of ether oxygens (including phenoxy) is 1. The molecule has 130 valence electrons. The molecule has 0 fully saturated rings. The SMILES string of the molecule is CCOC(=O)c1[nH]c(C)c(C(=O)Nc2nc3ccc(C)cc3s2)c1C. The highest BCUT2D eigenvalue weighted by Crippen LogP contribution is 2.28. The van der Waals surface area contributed by atoms with Crippen LogP contribution in [-0.2, 0) is 4.74 Å². The van der Waals surface area contributed by atoms with Gasteiger partial charge in [0.25, 0.3) is 5.91 Å². The molecule has 0 aliphatic carbocycles. The van der Waals surface area contributed by atoms with E-state index in [-0.39, 0.29) is 12.5 Å². The standard InChI is InChI=1S/C18H19N3O3S/c1-5-24-17(23)15-10(3)14(11(4)19-15)16(22)21-18-20-12-7-6-9(2)8-13(12)25-18/h6-8,19H,5H2,1-4H3,(H,20,21,22). The van der Waals surface area contributed by atoms with Crippen LogP contribution in [0.2, 0.25) is 0 Å². The zero-order chi connectivity index (χ0) is 18.1. The average molecular weight is 357 g/mol. The number of thiazole rings is 1. The van der Waals surface area contributed by atoms with Gasteiger partial charge in [-0.1, -0.05) is 17.4 Å². The minimum atomic E-state index is -0.461. The number of esters is 1. The molecule has 0 aliphatic rings. The number of anilines is 1. The lowest BCUT2D eigenvalue weighted by Crippen LogP contribution is -2.14. The number of benzene rings is 1. The Balaban J connectivity index is 1.88. The van der Waals surface area contributed by atoms with E-state index in [0.29, 0.717) is 27.6 Å². The molecule has 2 aromatic heterocycles. The molecule has 0 saturated carbocycles. The summed E-state index contributed by atoms with van der Waals surface area (Å²) in [5, 5.41) is 3.36. The highest BCUT2D eigenvalue weighted by atomic mass is 32.1. The molecule has 0 spiro atoms. The van der Waals surface area contributed by atoms with Crippen molar-refractivity contribution in [3.8, 4) is 0 Å². The predicted octanol–water partition coefficient (Wildman–Crippen LogP) is 3.98. The molecule has 7 heteroatoms. The summed E-state index contributed by atoms with van der Waals surface area (Å²) in [5.41, 5.74) is 3.94. The Morgan fingerprint density at radius 1 is 1.28 bits per heavy atom. The maximum absolute atomic E-state index is 12.7. The number of carbonyl (C=O) groups is 2. The zero-order valence-corrected chi connectivity index (χ0v) is 15.3. The molecule has 25 heavy (non-hydrogen) atoms. The van der Waals surface area contributed by atoms with Gasteiger partial charge in [-0.15, -0.1) is 0 Å². The van der Waals surface area contributed by atoms with E-state index in [1.807, 2.05) is 25.1 Å². The summed E-state index contributed by atoms with van der Waals surface area (Å²) >= 11 is 1.42. The van der Waals surface area contributed by atoms with Crippen molar-refractivity contribution in [3.63, 3.8) is 0 Å². The molecule has 3 aromatic rings. The van der Waals surface area contributed by atoms with Crippen LogP contribution in [0.25, 0.3) is 10.2 Å². The van der Waals surface area contributed by atoms with Crippen molar-refractivity contribution in [1.29, 1.82) is 0 Å². The summed E-state index contributed by atoms with van der Waals surface area (Å²) in [5.74, 6) is -0.754. The number of hydrogen-bond acceptors (Lipinski definition) is 5. The first-order valence-corrected chi connectivity index (χ1v) is 8.77. The second kappa shape index (κ2) is 6.68. The van der Waals surface area contributed by atoms with Crippen LogP contribution < -0.4 is 5.32 Å². The smallest absolute Gasteiger partial charge is 0.355 e. The first-order valence-electron chi connectivity index (χ1n) is 7.95. The van der Waals surface area contributed by atoms with Gasteiger partial charge >= 0.3 is 5.97 Å². The quantitative estimate of drug-likeness (QED) is 0.692. The van der Waals surface area contributed by atoms with Gasteiger partial charge in [0.2, 0.25) is 0 Å². The molecule has 2 heterocycles. The Morgan fingerprint density at radius 2 is 2.04 bits per heavy atom. The number of nitrogens with zero attached hydrogens (tertiary/aromatic N) is 1. The summed E-state index contributed by atoms with van der Waals surface area (Å²) in [6.45, 7) is 7.52. The first-order chi connectivity index (χ1) is 11.9. The minimum absolute atomic E-state index is 0.281. The molecule has 3 rings (SSSR count). The molecule has 6 nitrogen and oxygen atoms in total. The van der Waals surface area contributed by atoms with Crippen molar-refractivity contribution in [2.24, 2.45) is 0 Å². The number of fused-ring (bicyclic) bond motifs is 1. The number of amides is 1. The van der Waals surface area contributed by atoms with E-state index in [1.165, 1.54) is 11.3 Å². The second-order valence-corrected chi connectivity index (χ2v) is 6.82. The highest BCUT2D eigenvalue weighted by Gasteiger charge is 2.23. The summed E-state index contributed by atoms with van der Waals surface area (Å²) in [7, 11) is 0. The third kappa shape index (κ3) is 3.28. The molecular formula is C18H19N3O3S. The Hall–Kier alpha value is -2.67. The molecule has 0 radical (unpaired) electrons. The van der Waals surface area contributed by atoms with E-state index >= 15 is 0 Å². The first kappa shape index (κ1) is 17.2. The van der Waals surface area contributed by atoms with Crippen molar-refractivity contribution in [3.05, 3.63) is 46.3 Å². The topological polar surface area (TPSA) is 84.1 Å². The van der Waals surface area contributed by atoms with E-state index in [2.05, 4.69) is 15.3 Å². The minimum Gasteiger partial charge on any atom is -0.461 e. The fourth-order valence-corrected chi connectivity index (χ4v) is 3.70. The predicted molar refractivity (Wildman–Crippen MR) is 98.5 cm³/mol. The van der Waals surface area contributed by atoms with E-state index in [1.54, 1.807) is 20.8 Å². The maximum Gasteiger partial charge on any atom is 0.355 e. The van der Waals surface area contributed by atoms with E-state index in [0.717, 1.165) is 15.8 Å². The van der Waals surface area contributed by atoms with Crippen LogP contribution >= 0.6 is 11.3 Å². The number of aryl methyl sites for hydroxylation is 2. The van der Waals surface area contributed by atoms with Gasteiger partial charge in [0.15, 0.2) is 5.13 Å². The molecule has 1 amide bonds. The number of nitrogens with one attached hydrogen (secondary N) is 2. The van der Waals surface area contributed by atoms with Crippen LogP contribution in [0.4, 0.5) is 5.13 Å². The second-order valence-electron chi connectivity index (χ2n) is 5.79. The molecule has 0 bridgehead atoms. The van der Waals surface area contributed by atoms with Crippen molar-refractivity contribution < 1.29 is 14.3 Å². The molecule has 1 aromatic carbocycles. The van der Waals surface area contributed by atoms with Gasteiger partial charge in [-0.3, -0.25) is 10.1 Å². The van der Waals surface area contributed by atoms with Crippen LogP contribution in [0.5, 0.6) is 0 Å². The van der Waals surface area contributed by atoms with Crippen LogP contribution in [0.1, 0.15) is 44.6 Å². The number of aromatic nitrogens is 2. The lowest BCUT2D eigenvalue weighted by molar-refractivity contribution is 0.0519. The van der Waals surface area contributed by atoms with Gasteiger partial charge in [0.05, 0.1) is 22.4 Å². The maximum atomic E-state index is 12.7. The monoisotopic (exact) mass is 357 g/mol. The van der Waals surface area contributed by atoms with Crippen molar-refractivity contribution in [2.75, 3.05) is 11.9 Å². The van der Waals surface area contributed by atoms with Crippen molar-refractivity contribution in [1.82, 2.24) is 9.97 Å². The van der Waals surface area contributed by atoms with Crippen LogP contribution in [-0.4, -0.2) is 28.5 Å². The van der Waals surface area contributed by atoms with Crippen LogP contribution in [0.3, 0.4) is 0 Å². The average Bonchev–Trinajstić information content (AvgIpc) is 3.07. The number of hydrogen-bond donors (Lipinski definition) is 2. The van der Waals surface area contributed by atoms with Gasteiger partial charge in [0, 0.05) is 5.69 Å².